The average molecular weight is 229 g/mol. The third-order valence-corrected chi connectivity index (χ3v) is 3.09. The Bertz CT molecular complexity index is 508. The lowest BCUT2D eigenvalue weighted by atomic mass is 10.2. The lowest BCUT2D eigenvalue weighted by molar-refractivity contribution is 1.08. The molecule has 16 heavy (non-hydrogen) atoms. The number of nitrogens with one attached hydrogen (secondary N) is 1. The summed E-state index contributed by atoms with van der Waals surface area (Å²) in [6.07, 6.45) is 0. The van der Waals surface area contributed by atoms with Crippen molar-refractivity contribution < 1.29 is 0 Å². The van der Waals surface area contributed by atoms with Crippen LogP contribution in [0.1, 0.15) is 16.3 Å². The van der Waals surface area contributed by atoms with Crippen LogP contribution in [0.4, 0.5) is 5.69 Å². The van der Waals surface area contributed by atoms with Gasteiger partial charge in [-0.3, -0.25) is 0 Å². The normalized spacial score (nSPS) is 9.75. The van der Waals surface area contributed by atoms with Crippen molar-refractivity contribution in [1.29, 1.82) is 5.26 Å². The number of benzene rings is 1. The molecule has 1 aromatic heterocycles. The molecule has 1 N–H and O–H groups in total. The monoisotopic (exact) mass is 229 g/mol. The van der Waals surface area contributed by atoms with E-state index in [1.54, 1.807) is 23.5 Å². The number of hydrogen-bond acceptors (Lipinski definition) is 4. The number of anilines is 1. The Hall–Kier alpha value is -1.86. The van der Waals surface area contributed by atoms with Crippen molar-refractivity contribution in [2.45, 2.75) is 13.5 Å². The van der Waals surface area contributed by atoms with Crippen LogP contribution in [0.2, 0.25) is 0 Å². The van der Waals surface area contributed by atoms with Crippen LogP contribution in [0.3, 0.4) is 0 Å². The Labute approximate surface area is 98.4 Å². The zero-order valence-electron chi connectivity index (χ0n) is 8.90. The van der Waals surface area contributed by atoms with Gasteiger partial charge in [0.2, 0.25) is 0 Å². The average Bonchev–Trinajstić information content (AvgIpc) is 2.73. The van der Waals surface area contributed by atoms with E-state index in [9.17, 15) is 0 Å². The lowest BCUT2D eigenvalue weighted by Gasteiger charge is -2.03. The SMILES string of the molecule is Cc1csc(CNc2ccc(C#N)cc2)n1. The third-order valence-electron chi connectivity index (χ3n) is 2.12. The number of nitrogens with zero attached hydrogens (tertiary/aromatic N) is 2. The first-order valence-electron chi connectivity index (χ1n) is 4.93. The summed E-state index contributed by atoms with van der Waals surface area (Å²) in [6, 6.07) is 9.50. The summed E-state index contributed by atoms with van der Waals surface area (Å²) >= 11 is 1.65. The third kappa shape index (κ3) is 2.59. The molecule has 0 spiro atoms. The summed E-state index contributed by atoms with van der Waals surface area (Å²) in [7, 11) is 0. The van der Waals surface area contributed by atoms with Crippen molar-refractivity contribution in [3.63, 3.8) is 0 Å². The first-order valence-corrected chi connectivity index (χ1v) is 5.81. The summed E-state index contributed by atoms with van der Waals surface area (Å²) < 4.78 is 0. The maximum absolute atomic E-state index is 8.66. The van der Waals surface area contributed by atoms with Crippen molar-refractivity contribution in [3.8, 4) is 6.07 Å². The zero-order valence-corrected chi connectivity index (χ0v) is 9.71. The minimum atomic E-state index is 0.677. The van der Waals surface area contributed by atoms with Crippen LogP contribution in [0, 0.1) is 18.3 Å². The van der Waals surface area contributed by atoms with Crippen LogP contribution in [-0.2, 0) is 6.54 Å². The van der Waals surface area contributed by atoms with Crippen molar-refractivity contribution in [1.82, 2.24) is 4.98 Å². The molecular weight excluding hydrogens is 218 g/mol. The lowest BCUT2D eigenvalue weighted by Crippen LogP contribution is -1.98. The van der Waals surface area contributed by atoms with E-state index >= 15 is 0 Å². The molecule has 0 fully saturated rings. The van der Waals surface area contributed by atoms with E-state index in [0.717, 1.165) is 22.9 Å². The number of aryl methyl sites for hydroxylation is 1. The Balaban J connectivity index is 1.97. The minimum absolute atomic E-state index is 0.677. The van der Waals surface area contributed by atoms with Gasteiger partial charge in [0.1, 0.15) is 5.01 Å². The van der Waals surface area contributed by atoms with Crippen LogP contribution in [-0.4, -0.2) is 4.98 Å². The Morgan fingerprint density at radius 1 is 1.38 bits per heavy atom. The summed E-state index contributed by atoms with van der Waals surface area (Å²) in [5.74, 6) is 0. The van der Waals surface area contributed by atoms with Crippen LogP contribution >= 0.6 is 11.3 Å². The van der Waals surface area contributed by atoms with Gasteiger partial charge in [-0.05, 0) is 31.2 Å². The Morgan fingerprint density at radius 2 is 2.12 bits per heavy atom. The second kappa shape index (κ2) is 4.77. The van der Waals surface area contributed by atoms with E-state index in [1.165, 1.54) is 0 Å². The van der Waals surface area contributed by atoms with Gasteiger partial charge in [0, 0.05) is 16.8 Å². The van der Waals surface area contributed by atoms with Gasteiger partial charge in [0.05, 0.1) is 18.2 Å². The molecule has 2 rings (SSSR count). The highest BCUT2D eigenvalue weighted by Gasteiger charge is 1.98. The van der Waals surface area contributed by atoms with Gasteiger partial charge in [-0.1, -0.05) is 0 Å². The topological polar surface area (TPSA) is 48.7 Å². The van der Waals surface area contributed by atoms with Crippen LogP contribution in [0.15, 0.2) is 29.6 Å². The molecule has 80 valence electrons. The fourth-order valence-electron chi connectivity index (χ4n) is 1.32. The van der Waals surface area contributed by atoms with Gasteiger partial charge in [-0.25, -0.2) is 4.98 Å². The first-order chi connectivity index (χ1) is 7.78. The second-order valence-corrected chi connectivity index (χ2v) is 4.37. The zero-order chi connectivity index (χ0) is 11.4. The fourth-order valence-corrected chi connectivity index (χ4v) is 2.04. The van der Waals surface area contributed by atoms with Crippen molar-refractivity contribution >= 4 is 17.0 Å². The largest absolute Gasteiger partial charge is 0.379 e. The van der Waals surface area contributed by atoms with Crippen molar-refractivity contribution in [2.75, 3.05) is 5.32 Å². The highest BCUT2D eigenvalue weighted by molar-refractivity contribution is 7.09. The minimum Gasteiger partial charge on any atom is -0.379 e. The quantitative estimate of drug-likeness (QED) is 0.880. The van der Waals surface area contributed by atoms with Crippen LogP contribution in [0.25, 0.3) is 0 Å². The summed E-state index contributed by atoms with van der Waals surface area (Å²) in [5.41, 5.74) is 2.74. The summed E-state index contributed by atoms with van der Waals surface area (Å²) in [5, 5.41) is 15.0. The molecule has 0 atom stereocenters. The highest BCUT2D eigenvalue weighted by atomic mass is 32.1. The molecular formula is C12H11N3S. The molecule has 0 radical (unpaired) electrons. The molecule has 0 saturated heterocycles. The van der Waals surface area contributed by atoms with Gasteiger partial charge >= 0.3 is 0 Å². The molecule has 0 unspecified atom stereocenters. The number of aromatic nitrogens is 1. The molecule has 1 heterocycles. The molecule has 3 nitrogen and oxygen atoms in total. The van der Waals surface area contributed by atoms with Gasteiger partial charge < -0.3 is 5.32 Å². The van der Waals surface area contributed by atoms with E-state index < -0.39 is 0 Å². The number of hydrogen-bond donors (Lipinski definition) is 1. The molecule has 0 aliphatic rings. The maximum Gasteiger partial charge on any atom is 0.112 e. The molecule has 0 amide bonds. The van der Waals surface area contributed by atoms with Crippen molar-refractivity contribution in [2.24, 2.45) is 0 Å². The van der Waals surface area contributed by atoms with Crippen LogP contribution < -0.4 is 5.32 Å². The Morgan fingerprint density at radius 3 is 2.69 bits per heavy atom. The second-order valence-electron chi connectivity index (χ2n) is 3.43. The molecule has 0 bridgehead atoms. The number of nitriles is 1. The molecule has 2 aromatic rings. The highest BCUT2D eigenvalue weighted by Crippen LogP contribution is 2.13. The Kier molecular flexibility index (Phi) is 3.18. The number of thiazole rings is 1. The molecule has 4 heteroatoms. The fraction of sp³-hybridized carbons (Fsp3) is 0.167. The summed E-state index contributed by atoms with van der Waals surface area (Å²) in [6.45, 7) is 2.71. The van der Waals surface area contributed by atoms with E-state index in [0.29, 0.717) is 5.56 Å². The summed E-state index contributed by atoms with van der Waals surface area (Å²) in [4.78, 5) is 4.36. The molecule has 0 saturated carbocycles. The maximum atomic E-state index is 8.66. The van der Waals surface area contributed by atoms with E-state index in [-0.39, 0.29) is 0 Å². The predicted molar refractivity (Wildman–Crippen MR) is 65.3 cm³/mol. The number of rotatable bonds is 3. The van der Waals surface area contributed by atoms with E-state index in [2.05, 4.69) is 16.4 Å². The van der Waals surface area contributed by atoms with Crippen molar-refractivity contribution in [3.05, 3.63) is 45.9 Å². The van der Waals surface area contributed by atoms with Crippen LogP contribution in [0.5, 0.6) is 0 Å². The van der Waals surface area contributed by atoms with E-state index in [1.807, 2.05) is 24.4 Å². The molecule has 0 aliphatic heterocycles. The van der Waals surface area contributed by atoms with Gasteiger partial charge in [-0.15, -0.1) is 11.3 Å². The van der Waals surface area contributed by atoms with Gasteiger partial charge in [0.25, 0.3) is 0 Å². The standard InChI is InChI=1S/C12H11N3S/c1-9-8-16-12(15-9)7-14-11-4-2-10(6-13)3-5-11/h2-5,8,14H,7H2,1H3. The molecule has 1 aromatic carbocycles. The first kappa shape index (κ1) is 10.7. The van der Waals surface area contributed by atoms with E-state index in [4.69, 9.17) is 5.26 Å². The molecule has 0 aliphatic carbocycles. The predicted octanol–water partition coefficient (Wildman–Crippen LogP) is 2.94. The van der Waals surface area contributed by atoms with Gasteiger partial charge in [-0.2, -0.15) is 5.26 Å². The van der Waals surface area contributed by atoms with Gasteiger partial charge in [0.15, 0.2) is 0 Å². The smallest absolute Gasteiger partial charge is 0.112 e.